The first-order chi connectivity index (χ1) is 14.6. The average molecular weight is 413 g/mol. The van der Waals surface area contributed by atoms with Gasteiger partial charge in [0.25, 0.3) is 0 Å². The normalized spacial score (nSPS) is 15.2. The molecule has 8 heteroatoms. The third-order valence-electron chi connectivity index (χ3n) is 5.12. The Morgan fingerprint density at radius 3 is 2.47 bits per heavy atom. The summed E-state index contributed by atoms with van der Waals surface area (Å²) in [4.78, 5) is 6.78. The fourth-order valence-corrected chi connectivity index (χ4v) is 3.49. The highest BCUT2D eigenvalue weighted by atomic mass is 19.1. The Morgan fingerprint density at radius 2 is 1.77 bits per heavy atom. The molecule has 0 saturated carbocycles. The second-order valence-electron chi connectivity index (χ2n) is 7.13. The van der Waals surface area contributed by atoms with Crippen LogP contribution in [0, 0.1) is 5.82 Å². The molecule has 1 aromatic heterocycles. The zero-order valence-electron chi connectivity index (χ0n) is 17.0. The van der Waals surface area contributed by atoms with E-state index in [-0.39, 0.29) is 11.9 Å². The van der Waals surface area contributed by atoms with Crippen LogP contribution in [0.5, 0.6) is 17.2 Å². The van der Waals surface area contributed by atoms with Crippen LogP contribution in [-0.2, 0) is 6.54 Å². The van der Waals surface area contributed by atoms with Crippen molar-refractivity contribution in [3.05, 3.63) is 54.2 Å². The van der Waals surface area contributed by atoms with Gasteiger partial charge in [0.05, 0.1) is 20.8 Å². The van der Waals surface area contributed by atoms with Crippen LogP contribution in [0.1, 0.15) is 18.7 Å². The van der Waals surface area contributed by atoms with Gasteiger partial charge in [0.15, 0.2) is 11.5 Å². The number of piperidine rings is 1. The lowest BCUT2D eigenvalue weighted by atomic mass is 10.1. The first-order valence-corrected chi connectivity index (χ1v) is 9.84. The number of hydrogen-bond donors (Lipinski definition) is 0. The lowest BCUT2D eigenvalue weighted by Crippen LogP contribution is -2.37. The molecule has 0 N–H and O–H groups in total. The van der Waals surface area contributed by atoms with Gasteiger partial charge in [-0.15, -0.1) is 0 Å². The van der Waals surface area contributed by atoms with Gasteiger partial charge in [-0.05, 0) is 55.3 Å². The zero-order chi connectivity index (χ0) is 20.9. The van der Waals surface area contributed by atoms with Crippen molar-refractivity contribution in [1.82, 2.24) is 15.0 Å². The molecule has 0 atom stereocenters. The molecule has 1 aliphatic rings. The maximum Gasteiger partial charge on any atom is 0.241 e. The van der Waals surface area contributed by atoms with E-state index in [1.807, 2.05) is 18.2 Å². The van der Waals surface area contributed by atoms with Gasteiger partial charge in [0.1, 0.15) is 17.7 Å². The Bertz CT molecular complexity index is 969. The maximum absolute atomic E-state index is 13.0. The predicted molar refractivity (Wildman–Crippen MR) is 108 cm³/mol. The van der Waals surface area contributed by atoms with Crippen LogP contribution < -0.4 is 14.2 Å². The number of halogens is 1. The molecule has 0 unspecified atom stereocenters. The summed E-state index contributed by atoms with van der Waals surface area (Å²) in [5, 5.41) is 4.10. The Kier molecular flexibility index (Phi) is 6.13. The number of methoxy groups -OCH3 is 2. The lowest BCUT2D eigenvalue weighted by molar-refractivity contribution is 0.0903. The van der Waals surface area contributed by atoms with Crippen molar-refractivity contribution in [3.63, 3.8) is 0 Å². The molecule has 0 amide bonds. The SMILES string of the molecule is COc1ccc(-c2noc(CN3CCC(Oc4ccc(F)cc4)CC3)n2)cc1OC. The molecule has 4 rings (SSSR count). The van der Waals surface area contributed by atoms with Crippen LogP contribution in [0.2, 0.25) is 0 Å². The van der Waals surface area contributed by atoms with E-state index >= 15 is 0 Å². The fourth-order valence-electron chi connectivity index (χ4n) is 3.49. The molecule has 30 heavy (non-hydrogen) atoms. The minimum Gasteiger partial charge on any atom is -0.493 e. The molecule has 1 saturated heterocycles. The van der Waals surface area contributed by atoms with Gasteiger partial charge in [-0.2, -0.15) is 4.98 Å². The van der Waals surface area contributed by atoms with E-state index in [4.69, 9.17) is 18.7 Å². The summed E-state index contributed by atoms with van der Waals surface area (Å²) >= 11 is 0. The van der Waals surface area contributed by atoms with Gasteiger partial charge in [0, 0.05) is 18.7 Å². The second-order valence-corrected chi connectivity index (χ2v) is 7.13. The monoisotopic (exact) mass is 413 g/mol. The van der Waals surface area contributed by atoms with Crippen LogP contribution in [0.4, 0.5) is 4.39 Å². The number of ether oxygens (including phenoxy) is 3. The Hall–Kier alpha value is -3.13. The van der Waals surface area contributed by atoms with Gasteiger partial charge < -0.3 is 18.7 Å². The third-order valence-corrected chi connectivity index (χ3v) is 5.12. The minimum atomic E-state index is -0.260. The Labute approximate surface area is 174 Å². The van der Waals surface area contributed by atoms with Crippen LogP contribution in [0.25, 0.3) is 11.4 Å². The molecular weight excluding hydrogens is 389 g/mol. The summed E-state index contributed by atoms with van der Waals surface area (Å²) in [6.07, 6.45) is 1.89. The van der Waals surface area contributed by atoms with Crippen molar-refractivity contribution in [1.29, 1.82) is 0 Å². The highest BCUT2D eigenvalue weighted by molar-refractivity contribution is 5.60. The van der Waals surface area contributed by atoms with Crippen LogP contribution in [0.3, 0.4) is 0 Å². The highest BCUT2D eigenvalue weighted by Gasteiger charge is 2.22. The number of hydrogen-bond acceptors (Lipinski definition) is 7. The molecular formula is C22H24FN3O4. The highest BCUT2D eigenvalue weighted by Crippen LogP contribution is 2.31. The maximum atomic E-state index is 13.0. The first-order valence-electron chi connectivity index (χ1n) is 9.84. The molecule has 0 aliphatic carbocycles. The van der Waals surface area contributed by atoms with E-state index in [0.717, 1.165) is 31.5 Å². The topological polar surface area (TPSA) is 69.9 Å². The number of nitrogens with zero attached hydrogens (tertiary/aromatic N) is 3. The second kappa shape index (κ2) is 9.13. The summed E-state index contributed by atoms with van der Waals surface area (Å²) in [5.41, 5.74) is 0.800. The van der Waals surface area contributed by atoms with Crippen LogP contribution in [-0.4, -0.2) is 48.5 Å². The van der Waals surface area contributed by atoms with Crippen molar-refractivity contribution in [3.8, 4) is 28.6 Å². The summed E-state index contributed by atoms with van der Waals surface area (Å²) in [7, 11) is 3.19. The lowest BCUT2D eigenvalue weighted by Gasteiger charge is -2.31. The summed E-state index contributed by atoms with van der Waals surface area (Å²) in [6.45, 7) is 2.31. The molecule has 158 valence electrons. The molecule has 0 bridgehead atoms. The molecule has 2 aromatic carbocycles. The van der Waals surface area contributed by atoms with Gasteiger partial charge in [-0.25, -0.2) is 4.39 Å². The average Bonchev–Trinajstić information content (AvgIpc) is 3.24. The van der Waals surface area contributed by atoms with Gasteiger partial charge in [-0.1, -0.05) is 5.16 Å². The standard InChI is InChI=1S/C22H24FN3O4/c1-27-19-8-3-15(13-20(19)28-2)22-24-21(30-25-22)14-26-11-9-18(10-12-26)29-17-6-4-16(23)5-7-17/h3-8,13,18H,9-12,14H2,1-2H3. The van der Waals surface area contributed by atoms with Crippen molar-refractivity contribution < 1.29 is 23.1 Å². The Morgan fingerprint density at radius 1 is 1.03 bits per heavy atom. The number of rotatable bonds is 7. The number of aromatic nitrogens is 2. The molecule has 0 radical (unpaired) electrons. The summed E-state index contributed by atoms with van der Waals surface area (Å²) in [6, 6.07) is 11.7. The molecule has 1 fully saturated rings. The van der Waals surface area contributed by atoms with Gasteiger partial charge >= 0.3 is 0 Å². The molecule has 0 spiro atoms. The largest absolute Gasteiger partial charge is 0.493 e. The summed E-state index contributed by atoms with van der Waals surface area (Å²) in [5.74, 6) is 2.79. The van der Waals surface area contributed by atoms with Gasteiger partial charge in [-0.3, -0.25) is 4.90 Å². The van der Waals surface area contributed by atoms with Crippen molar-refractivity contribution in [2.45, 2.75) is 25.5 Å². The van der Waals surface area contributed by atoms with E-state index in [2.05, 4.69) is 15.0 Å². The van der Waals surface area contributed by atoms with Crippen LogP contribution >= 0.6 is 0 Å². The van der Waals surface area contributed by atoms with Crippen molar-refractivity contribution >= 4 is 0 Å². The number of likely N-dealkylation sites (tertiary alicyclic amines) is 1. The molecule has 2 heterocycles. The predicted octanol–water partition coefficient (Wildman–Crippen LogP) is 3.94. The van der Waals surface area contributed by atoms with E-state index in [0.29, 0.717) is 35.5 Å². The van der Waals surface area contributed by atoms with Gasteiger partial charge in [0.2, 0.25) is 11.7 Å². The minimum absolute atomic E-state index is 0.122. The van der Waals surface area contributed by atoms with E-state index in [1.165, 1.54) is 12.1 Å². The molecule has 7 nitrogen and oxygen atoms in total. The summed E-state index contributed by atoms with van der Waals surface area (Å²) < 4.78 is 35.0. The smallest absolute Gasteiger partial charge is 0.241 e. The Balaban J connectivity index is 1.32. The van der Waals surface area contributed by atoms with Crippen molar-refractivity contribution in [2.75, 3.05) is 27.3 Å². The first kappa shape index (κ1) is 20.2. The molecule has 1 aliphatic heterocycles. The third kappa shape index (κ3) is 4.71. The van der Waals surface area contributed by atoms with E-state index in [1.54, 1.807) is 26.4 Å². The quantitative estimate of drug-likeness (QED) is 0.581. The number of benzene rings is 2. The van der Waals surface area contributed by atoms with E-state index in [9.17, 15) is 4.39 Å². The van der Waals surface area contributed by atoms with E-state index < -0.39 is 0 Å². The van der Waals surface area contributed by atoms with Crippen molar-refractivity contribution in [2.24, 2.45) is 0 Å². The zero-order valence-corrected chi connectivity index (χ0v) is 17.0. The molecule has 3 aromatic rings. The fraction of sp³-hybridized carbons (Fsp3) is 0.364. The van der Waals surface area contributed by atoms with Crippen LogP contribution in [0.15, 0.2) is 47.0 Å².